The lowest BCUT2D eigenvalue weighted by atomic mass is 10.0. The summed E-state index contributed by atoms with van der Waals surface area (Å²) >= 11 is 8.13. The highest BCUT2D eigenvalue weighted by Gasteiger charge is 2.17. The maximum Gasteiger partial charge on any atom is 0.137 e. The molecule has 0 aliphatic carbocycles. The summed E-state index contributed by atoms with van der Waals surface area (Å²) in [4.78, 5) is 2.70. The summed E-state index contributed by atoms with van der Waals surface area (Å²) in [6, 6.07) is 8.48. The molecular formula is C17H22ClNOS. The first-order valence-electron chi connectivity index (χ1n) is 7.20. The van der Waals surface area contributed by atoms with Gasteiger partial charge in [-0.25, -0.2) is 0 Å². The lowest BCUT2D eigenvalue weighted by Crippen LogP contribution is -2.22. The Bertz CT molecular complexity index is 589. The van der Waals surface area contributed by atoms with Crippen molar-refractivity contribution in [3.05, 3.63) is 50.2 Å². The van der Waals surface area contributed by atoms with Gasteiger partial charge in [-0.2, -0.15) is 0 Å². The largest absolute Gasteiger partial charge is 0.495 e. The van der Waals surface area contributed by atoms with Crippen molar-refractivity contribution in [2.45, 2.75) is 33.2 Å². The molecule has 1 heterocycles. The van der Waals surface area contributed by atoms with E-state index >= 15 is 0 Å². The normalized spacial score (nSPS) is 12.4. The van der Waals surface area contributed by atoms with Gasteiger partial charge in [-0.15, -0.1) is 11.3 Å². The maximum atomic E-state index is 6.28. The molecule has 1 aromatic carbocycles. The topological polar surface area (TPSA) is 21.3 Å². The fourth-order valence-corrected chi connectivity index (χ4v) is 3.69. The van der Waals surface area contributed by atoms with Crippen LogP contribution in [0.25, 0.3) is 0 Å². The molecule has 2 nitrogen and oxygen atoms in total. The number of aryl methyl sites for hydroxylation is 2. The molecule has 0 saturated carbocycles. The van der Waals surface area contributed by atoms with Gasteiger partial charge in [0.1, 0.15) is 5.75 Å². The lowest BCUT2D eigenvalue weighted by molar-refractivity contribution is 0.414. The zero-order valence-corrected chi connectivity index (χ0v) is 14.6. The standard InChI is InChI=1S/C17H22ClNOS/c1-5-8-19-17(16-9-11(2)12(3)21-16)13-6-7-15(20-4)14(18)10-13/h6-7,9-10,17,19H,5,8H2,1-4H3. The minimum Gasteiger partial charge on any atom is -0.495 e. The lowest BCUT2D eigenvalue weighted by Gasteiger charge is -2.18. The van der Waals surface area contributed by atoms with E-state index in [0.717, 1.165) is 13.0 Å². The van der Waals surface area contributed by atoms with Crippen molar-refractivity contribution < 1.29 is 4.74 Å². The summed E-state index contributed by atoms with van der Waals surface area (Å²) in [5.41, 5.74) is 2.52. The monoisotopic (exact) mass is 323 g/mol. The predicted octanol–water partition coefficient (Wildman–Crippen LogP) is 5.12. The molecule has 114 valence electrons. The Kier molecular flexibility index (Phi) is 5.68. The Morgan fingerprint density at radius 2 is 2.05 bits per heavy atom. The molecule has 0 bridgehead atoms. The van der Waals surface area contributed by atoms with Crippen LogP contribution in [-0.4, -0.2) is 13.7 Å². The first-order chi connectivity index (χ1) is 10.1. The molecule has 1 unspecified atom stereocenters. The van der Waals surface area contributed by atoms with Crippen LogP contribution < -0.4 is 10.1 Å². The number of methoxy groups -OCH3 is 1. The molecule has 0 fully saturated rings. The summed E-state index contributed by atoms with van der Waals surface area (Å²) in [5.74, 6) is 0.716. The van der Waals surface area contributed by atoms with Crippen LogP contribution in [0.4, 0.5) is 0 Å². The van der Waals surface area contributed by atoms with Gasteiger partial charge in [0, 0.05) is 9.75 Å². The number of hydrogen-bond acceptors (Lipinski definition) is 3. The zero-order valence-electron chi connectivity index (χ0n) is 13.0. The van der Waals surface area contributed by atoms with E-state index in [1.807, 2.05) is 23.5 Å². The van der Waals surface area contributed by atoms with E-state index in [9.17, 15) is 0 Å². The zero-order chi connectivity index (χ0) is 15.4. The third-order valence-electron chi connectivity index (χ3n) is 3.58. The van der Waals surface area contributed by atoms with Crippen molar-refractivity contribution in [3.8, 4) is 5.75 Å². The molecule has 0 aliphatic heterocycles. The second-order valence-electron chi connectivity index (χ2n) is 5.17. The molecule has 0 radical (unpaired) electrons. The molecule has 0 saturated heterocycles. The highest BCUT2D eigenvalue weighted by atomic mass is 35.5. The van der Waals surface area contributed by atoms with E-state index in [4.69, 9.17) is 16.3 Å². The van der Waals surface area contributed by atoms with Crippen molar-refractivity contribution in [3.63, 3.8) is 0 Å². The SMILES string of the molecule is CCCNC(c1ccc(OC)c(Cl)c1)c1cc(C)c(C)s1. The van der Waals surface area contributed by atoms with Crippen LogP contribution in [0.5, 0.6) is 5.75 Å². The molecule has 0 spiro atoms. The maximum absolute atomic E-state index is 6.28. The fourth-order valence-electron chi connectivity index (χ4n) is 2.28. The quantitative estimate of drug-likeness (QED) is 0.797. The third kappa shape index (κ3) is 3.79. The smallest absolute Gasteiger partial charge is 0.137 e. The van der Waals surface area contributed by atoms with E-state index in [-0.39, 0.29) is 6.04 Å². The minimum absolute atomic E-state index is 0.186. The van der Waals surface area contributed by atoms with Gasteiger partial charge in [-0.1, -0.05) is 24.6 Å². The molecule has 1 aromatic heterocycles. The molecule has 1 atom stereocenters. The number of nitrogens with one attached hydrogen (secondary N) is 1. The van der Waals surface area contributed by atoms with Gasteiger partial charge in [0.15, 0.2) is 0 Å². The second kappa shape index (κ2) is 7.30. The Hall–Kier alpha value is -1.03. The number of benzene rings is 1. The molecule has 4 heteroatoms. The molecule has 21 heavy (non-hydrogen) atoms. The van der Waals surface area contributed by atoms with Gasteiger partial charge >= 0.3 is 0 Å². The van der Waals surface area contributed by atoms with E-state index in [2.05, 4.69) is 38.2 Å². The first-order valence-corrected chi connectivity index (χ1v) is 8.40. The highest BCUT2D eigenvalue weighted by Crippen LogP contribution is 2.34. The van der Waals surface area contributed by atoms with Crippen LogP contribution in [0.2, 0.25) is 5.02 Å². The second-order valence-corrected chi connectivity index (χ2v) is 6.86. The molecule has 0 aliphatic rings. The predicted molar refractivity (Wildman–Crippen MR) is 91.9 cm³/mol. The van der Waals surface area contributed by atoms with Crippen molar-refractivity contribution in [1.82, 2.24) is 5.32 Å². The summed E-state index contributed by atoms with van der Waals surface area (Å²) in [7, 11) is 1.64. The number of rotatable bonds is 6. The molecule has 2 rings (SSSR count). The average Bonchev–Trinajstić information content (AvgIpc) is 2.79. The van der Waals surface area contributed by atoms with Gasteiger partial charge in [-0.3, -0.25) is 0 Å². The summed E-state index contributed by atoms with van der Waals surface area (Å²) in [6.45, 7) is 7.48. The molecular weight excluding hydrogens is 302 g/mol. The van der Waals surface area contributed by atoms with Crippen molar-refractivity contribution in [2.75, 3.05) is 13.7 Å². The van der Waals surface area contributed by atoms with Gasteiger partial charge < -0.3 is 10.1 Å². The van der Waals surface area contributed by atoms with Crippen LogP contribution in [-0.2, 0) is 0 Å². The van der Waals surface area contributed by atoms with E-state index in [1.54, 1.807) is 7.11 Å². The van der Waals surface area contributed by atoms with Crippen molar-refractivity contribution in [1.29, 1.82) is 0 Å². The Morgan fingerprint density at radius 1 is 1.29 bits per heavy atom. The Balaban J connectivity index is 2.37. The fraction of sp³-hybridized carbons (Fsp3) is 0.412. The number of thiophene rings is 1. The number of halogens is 1. The first kappa shape index (κ1) is 16.3. The van der Waals surface area contributed by atoms with Crippen LogP contribution in [0.3, 0.4) is 0 Å². The summed E-state index contributed by atoms with van der Waals surface area (Å²) in [6.07, 6.45) is 1.10. The number of hydrogen-bond donors (Lipinski definition) is 1. The van der Waals surface area contributed by atoms with Gasteiger partial charge in [0.25, 0.3) is 0 Å². The average molecular weight is 324 g/mol. The minimum atomic E-state index is 0.186. The Morgan fingerprint density at radius 3 is 2.57 bits per heavy atom. The van der Waals surface area contributed by atoms with Crippen LogP contribution in [0.15, 0.2) is 24.3 Å². The Labute approximate surface area is 136 Å². The van der Waals surface area contributed by atoms with E-state index in [0.29, 0.717) is 10.8 Å². The third-order valence-corrected chi connectivity index (χ3v) is 5.09. The molecule has 1 N–H and O–H groups in total. The summed E-state index contributed by atoms with van der Waals surface area (Å²) in [5, 5.41) is 4.27. The van der Waals surface area contributed by atoms with Crippen LogP contribution >= 0.6 is 22.9 Å². The van der Waals surface area contributed by atoms with E-state index in [1.165, 1.54) is 20.9 Å². The van der Waals surface area contributed by atoms with Gasteiger partial charge in [-0.05, 0) is 56.1 Å². The van der Waals surface area contributed by atoms with Crippen molar-refractivity contribution in [2.24, 2.45) is 0 Å². The van der Waals surface area contributed by atoms with Gasteiger partial charge in [0.2, 0.25) is 0 Å². The molecule has 0 amide bonds. The van der Waals surface area contributed by atoms with Crippen LogP contribution in [0.1, 0.15) is 40.3 Å². The van der Waals surface area contributed by atoms with Gasteiger partial charge in [0.05, 0.1) is 18.2 Å². The van der Waals surface area contributed by atoms with E-state index < -0.39 is 0 Å². The van der Waals surface area contributed by atoms with Crippen molar-refractivity contribution >= 4 is 22.9 Å². The highest BCUT2D eigenvalue weighted by molar-refractivity contribution is 7.12. The summed E-state index contributed by atoms with van der Waals surface area (Å²) < 4.78 is 5.24. The molecule has 2 aromatic rings. The number of ether oxygens (including phenoxy) is 1. The van der Waals surface area contributed by atoms with Crippen LogP contribution in [0, 0.1) is 13.8 Å².